The fourth-order valence-corrected chi connectivity index (χ4v) is 4.96. The molecule has 4 rings (SSSR count). The number of carbonyl (C=O) groups is 1. The van der Waals surface area contributed by atoms with Crippen LogP contribution in [0.2, 0.25) is 0 Å². The first-order valence-electron chi connectivity index (χ1n) is 10.2. The zero-order valence-electron chi connectivity index (χ0n) is 16.3. The highest BCUT2D eigenvalue weighted by Crippen LogP contribution is 2.47. The van der Waals surface area contributed by atoms with Crippen LogP contribution in [-0.4, -0.2) is 45.5 Å². The Bertz CT molecular complexity index is 585. The zero-order chi connectivity index (χ0) is 17.3. The predicted molar refractivity (Wildman–Crippen MR) is 113 cm³/mol. The molecule has 1 amide bonds. The lowest BCUT2D eigenvalue weighted by molar-refractivity contribution is -0.127. The van der Waals surface area contributed by atoms with E-state index in [0.29, 0.717) is 12.0 Å². The first-order valence-corrected chi connectivity index (χ1v) is 10.2. The van der Waals surface area contributed by atoms with E-state index in [0.717, 1.165) is 32.0 Å². The van der Waals surface area contributed by atoms with Gasteiger partial charge in [0.2, 0.25) is 5.91 Å². The van der Waals surface area contributed by atoms with E-state index in [9.17, 15) is 4.79 Å². The minimum Gasteiger partial charge on any atom is -0.351 e. The van der Waals surface area contributed by atoms with Crippen molar-refractivity contribution in [1.82, 2.24) is 19.8 Å². The predicted octanol–water partition coefficient (Wildman–Crippen LogP) is 3.67. The van der Waals surface area contributed by atoms with Gasteiger partial charge in [0.05, 0.1) is 11.7 Å². The maximum Gasteiger partial charge on any atom is 0.228 e. The molecule has 5 nitrogen and oxygen atoms in total. The van der Waals surface area contributed by atoms with Crippen molar-refractivity contribution in [2.45, 2.75) is 76.9 Å². The van der Waals surface area contributed by atoms with Gasteiger partial charge in [-0.15, -0.1) is 24.8 Å². The highest BCUT2D eigenvalue weighted by atomic mass is 35.5. The molecule has 2 atom stereocenters. The lowest BCUT2D eigenvalue weighted by Crippen LogP contribution is -2.45. The Morgan fingerprint density at radius 1 is 1.22 bits per heavy atom. The molecule has 3 aliphatic rings. The van der Waals surface area contributed by atoms with Crippen LogP contribution >= 0.6 is 24.8 Å². The largest absolute Gasteiger partial charge is 0.351 e. The molecule has 3 fully saturated rings. The summed E-state index contributed by atoms with van der Waals surface area (Å²) >= 11 is 0. The van der Waals surface area contributed by atoms with E-state index in [1.54, 1.807) is 6.20 Å². The third-order valence-corrected chi connectivity index (χ3v) is 6.67. The number of likely N-dealkylation sites (tertiary alicyclic amines) is 1. The Morgan fingerprint density at radius 2 is 1.96 bits per heavy atom. The molecule has 0 aromatic carbocycles. The number of hydrogen-bond acceptors (Lipinski definition) is 3. The molecule has 7 heteroatoms. The van der Waals surface area contributed by atoms with E-state index in [-0.39, 0.29) is 36.1 Å². The SMILES string of the molecule is CCC[C@H]1CN(C2CCCC2)C[C@@H]1NC(=O)C1(Cn2ccnc2)CC1.Cl.Cl. The molecule has 0 bridgehead atoms. The van der Waals surface area contributed by atoms with E-state index >= 15 is 0 Å². The highest BCUT2D eigenvalue weighted by molar-refractivity contribution is 5.86. The van der Waals surface area contributed by atoms with Crippen molar-refractivity contribution < 1.29 is 4.79 Å². The molecular weight excluding hydrogens is 383 g/mol. The van der Waals surface area contributed by atoms with Crippen LogP contribution in [0.3, 0.4) is 0 Å². The summed E-state index contributed by atoms with van der Waals surface area (Å²) in [7, 11) is 0. The minimum atomic E-state index is -0.182. The molecular formula is C20H34Cl2N4O. The summed E-state index contributed by atoms with van der Waals surface area (Å²) < 4.78 is 2.05. The van der Waals surface area contributed by atoms with E-state index < -0.39 is 0 Å². The van der Waals surface area contributed by atoms with Gasteiger partial charge in [-0.3, -0.25) is 9.69 Å². The smallest absolute Gasteiger partial charge is 0.228 e. The van der Waals surface area contributed by atoms with E-state index in [4.69, 9.17) is 0 Å². The standard InChI is InChI=1S/C20H32N4O.2ClH/c1-2-5-16-12-24(17-6-3-4-7-17)13-18(16)22-19(25)20(8-9-20)14-23-11-10-21-15-23;;/h10-11,15-18H,2-9,12-14H2,1H3,(H,22,25);2*1H/t16-,18-;;/m0../s1. The Labute approximate surface area is 175 Å². The van der Waals surface area contributed by atoms with Crippen molar-refractivity contribution in [2.24, 2.45) is 11.3 Å². The third-order valence-electron chi connectivity index (χ3n) is 6.67. The van der Waals surface area contributed by atoms with E-state index in [1.165, 1.54) is 45.1 Å². The van der Waals surface area contributed by atoms with E-state index in [1.807, 2.05) is 12.5 Å². The molecule has 0 radical (unpaired) electrons. The summed E-state index contributed by atoms with van der Waals surface area (Å²) in [6.07, 6.45) is 15.5. The Hall–Kier alpha value is -0.780. The molecule has 1 saturated heterocycles. The molecule has 27 heavy (non-hydrogen) atoms. The van der Waals surface area contributed by atoms with Crippen molar-refractivity contribution in [3.8, 4) is 0 Å². The number of hydrogen-bond donors (Lipinski definition) is 1. The lowest BCUT2D eigenvalue weighted by Gasteiger charge is -2.24. The van der Waals surface area contributed by atoms with Crippen molar-refractivity contribution >= 4 is 30.7 Å². The Kier molecular flexibility index (Phi) is 8.02. The summed E-state index contributed by atoms with van der Waals surface area (Å²) in [6.45, 7) is 5.27. The van der Waals surface area contributed by atoms with Crippen LogP contribution in [0.15, 0.2) is 18.7 Å². The van der Waals surface area contributed by atoms with E-state index in [2.05, 4.69) is 26.7 Å². The molecule has 0 unspecified atom stereocenters. The van der Waals surface area contributed by atoms with Gasteiger partial charge in [0.15, 0.2) is 0 Å². The molecule has 0 spiro atoms. The first kappa shape index (κ1) is 22.5. The van der Waals surface area contributed by atoms with Crippen LogP contribution in [0.4, 0.5) is 0 Å². The Morgan fingerprint density at radius 3 is 2.56 bits per heavy atom. The minimum absolute atomic E-state index is 0. The topological polar surface area (TPSA) is 50.2 Å². The van der Waals surface area contributed by atoms with Crippen molar-refractivity contribution in [3.05, 3.63) is 18.7 Å². The second-order valence-corrected chi connectivity index (χ2v) is 8.54. The second kappa shape index (κ2) is 9.62. The normalized spacial score (nSPS) is 27.0. The maximum absolute atomic E-state index is 13.0. The number of halogens is 2. The van der Waals surface area contributed by atoms with Crippen LogP contribution in [0, 0.1) is 11.3 Å². The van der Waals surface area contributed by atoms with Crippen LogP contribution in [0.25, 0.3) is 0 Å². The summed E-state index contributed by atoms with van der Waals surface area (Å²) in [4.78, 5) is 19.8. The lowest BCUT2D eigenvalue weighted by atomic mass is 9.97. The van der Waals surface area contributed by atoms with Crippen LogP contribution in [-0.2, 0) is 11.3 Å². The van der Waals surface area contributed by atoms with Gasteiger partial charge in [0.25, 0.3) is 0 Å². The van der Waals surface area contributed by atoms with Gasteiger partial charge in [-0.05, 0) is 38.0 Å². The summed E-state index contributed by atoms with van der Waals surface area (Å²) in [6, 6.07) is 1.11. The van der Waals surface area contributed by atoms with Gasteiger partial charge < -0.3 is 9.88 Å². The van der Waals surface area contributed by atoms with Crippen molar-refractivity contribution in [2.75, 3.05) is 13.1 Å². The molecule has 1 aromatic rings. The Balaban J connectivity index is 0.00000131. The quantitative estimate of drug-likeness (QED) is 0.737. The third kappa shape index (κ3) is 4.99. The number of rotatable bonds is 7. The van der Waals surface area contributed by atoms with Gasteiger partial charge in [0, 0.05) is 44.1 Å². The van der Waals surface area contributed by atoms with Gasteiger partial charge in [-0.2, -0.15) is 0 Å². The zero-order valence-corrected chi connectivity index (χ0v) is 17.9. The number of nitrogens with zero attached hydrogens (tertiary/aromatic N) is 3. The molecule has 1 aromatic heterocycles. The number of amides is 1. The molecule has 2 aliphatic carbocycles. The highest BCUT2D eigenvalue weighted by Gasteiger charge is 2.51. The van der Waals surface area contributed by atoms with Crippen molar-refractivity contribution in [3.63, 3.8) is 0 Å². The summed E-state index contributed by atoms with van der Waals surface area (Å²) in [5.41, 5.74) is -0.182. The van der Waals surface area contributed by atoms with Crippen molar-refractivity contribution in [1.29, 1.82) is 0 Å². The number of carbonyl (C=O) groups excluding carboxylic acids is 1. The fourth-order valence-electron chi connectivity index (χ4n) is 4.96. The van der Waals surface area contributed by atoms with Crippen LogP contribution < -0.4 is 5.32 Å². The van der Waals surface area contributed by atoms with Gasteiger partial charge in [-0.25, -0.2) is 4.98 Å². The van der Waals surface area contributed by atoms with Gasteiger partial charge in [0.1, 0.15) is 0 Å². The average molecular weight is 417 g/mol. The molecule has 2 heterocycles. The first-order chi connectivity index (χ1) is 12.2. The van der Waals surface area contributed by atoms with Crippen LogP contribution in [0.1, 0.15) is 58.3 Å². The fraction of sp³-hybridized carbons (Fsp3) is 0.800. The monoisotopic (exact) mass is 416 g/mol. The average Bonchev–Trinajstić information content (AvgIpc) is 3.04. The van der Waals surface area contributed by atoms with Gasteiger partial charge in [-0.1, -0.05) is 26.2 Å². The molecule has 2 saturated carbocycles. The van der Waals surface area contributed by atoms with Crippen LogP contribution in [0.5, 0.6) is 0 Å². The number of imidazole rings is 1. The summed E-state index contributed by atoms with van der Waals surface area (Å²) in [5, 5.41) is 3.47. The number of aromatic nitrogens is 2. The number of nitrogens with one attached hydrogen (secondary N) is 1. The second-order valence-electron chi connectivity index (χ2n) is 8.54. The maximum atomic E-state index is 13.0. The van der Waals surface area contributed by atoms with Gasteiger partial charge >= 0.3 is 0 Å². The summed E-state index contributed by atoms with van der Waals surface area (Å²) in [5.74, 6) is 0.902. The molecule has 154 valence electrons. The molecule has 1 aliphatic heterocycles. The molecule has 1 N–H and O–H groups in total.